The predicted molar refractivity (Wildman–Crippen MR) is 95.0 cm³/mol. The summed E-state index contributed by atoms with van der Waals surface area (Å²) in [5.41, 5.74) is 0.426. The number of amides is 1. The van der Waals surface area contributed by atoms with Crippen molar-refractivity contribution in [1.82, 2.24) is 10.5 Å². The van der Waals surface area contributed by atoms with Crippen molar-refractivity contribution in [3.63, 3.8) is 0 Å². The predicted octanol–water partition coefficient (Wildman–Crippen LogP) is 2.29. The molecule has 0 unspecified atom stereocenters. The zero-order valence-electron chi connectivity index (χ0n) is 15.0. The first-order valence-corrected chi connectivity index (χ1v) is 8.91. The highest BCUT2D eigenvalue weighted by molar-refractivity contribution is 5.92. The van der Waals surface area contributed by atoms with Gasteiger partial charge in [0.1, 0.15) is 17.6 Å². The van der Waals surface area contributed by atoms with E-state index in [1.165, 1.54) is 12.1 Å². The number of ether oxygens (including phenoxy) is 2. The molecule has 2 aromatic rings. The Kier molecular flexibility index (Phi) is 6.08. The zero-order valence-corrected chi connectivity index (χ0v) is 15.0. The van der Waals surface area contributed by atoms with Crippen LogP contribution >= 0.6 is 0 Å². The van der Waals surface area contributed by atoms with Gasteiger partial charge in [-0.15, -0.1) is 0 Å². The highest BCUT2D eigenvalue weighted by Crippen LogP contribution is 2.19. The van der Waals surface area contributed by atoms with E-state index in [2.05, 4.69) is 10.5 Å². The van der Waals surface area contributed by atoms with Gasteiger partial charge >= 0.3 is 5.97 Å². The van der Waals surface area contributed by atoms with Crippen molar-refractivity contribution in [2.45, 2.75) is 38.3 Å². The first-order valence-electron chi connectivity index (χ1n) is 8.91. The summed E-state index contributed by atoms with van der Waals surface area (Å²) in [6.45, 7) is 2.86. The number of carboxylic acid groups (broad SMARTS) is 1. The monoisotopic (exact) mass is 374 g/mol. The van der Waals surface area contributed by atoms with Crippen LogP contribution in [0.1, 0.15) is 46.4 Å². The lowest BCUT2D eigenvalue weighted by Crippen LogP contribution is -2.51. The number of nitrogens with one attached hydrogen (secondary N) is 1. The van der Waals surface area contributed by atoms with Crippen molar-refractivity contribution in [2.24, 2.45) is 0 Å². The fourth-order valence-corrected chi connectivity index (χ4v) is 2.87. The molecule has 1 saturated heterocycles. The van der Waals surface area contributed by atoms with E-state index in [0.29, 0.717) is 31.1 Å². The fourth-order valence-electron chi connectivity index (χ4n) is 2.87. The lowest BCUT2D eigenvalue weighted by molar-refractivity contribution is -0.0135. The van der Waals surface area contributed by atoms with Crippen LogP contribution in [0.2, 0.25) is 0 Å². The maximum Gasteiger partial charge on any atom is 0.335 e. The van der Waals surface area contributed by atoms with Gasteiger partial charge in [0, 0.05) is 19.1 Å². The molecular weight excluding hydrogens is 352 g/mol. The third-order valence-electron chi connectivity index (χ3n) is 4.30. The first kappa shape index (κ1) is 18.9. The van der Waals surface area contributed by atoms with Crippen LogP contribution in [-0.2, 0) is 11.2 Å². The minimum atomic E-state index is -0.997. The van der Waals surface area contributed by atoms with E-state index in [0.717, 1.165) is 12.8 Å². The molecule has 1 aromatic heterocycles. The SMILES string of the molecule is CCCc1cc(C(=O)N[C@@H]2CCOC[C@H]2Oc2ccc(C(=O)O)cc2)no1. The second-order valence-electron chi connectivity index (χ2n) is 6.36. The number of carbonyl (C=O) groups excluding carboxylic acids is 1. The number of carbonyl (C=O) groups is 2. The minimum Gasteiger partial charge on any atom is -0.486 e. The number of aromatic nitrogens is 1. The Hall–Kier alpha value is -2.87. The third kappa shape index (κ3) is 4.85. The number of rotatable bonds is 7. The molecule has 2 N–H and O–H groups in total. The summed E-state index contributed by atoms with van der Waals surface area (Å²) < 4.78 is 16.5. The molecule has 0 spiro atoms. The smallest absolute Gasteiger partial charge is 0.335 e. The van der Waals surface area contributed by atoms with Gasteiger partial charge in [0.25, 0.3) is 5.91 Å². The molecule has 27 heavy (non-hydrogen) atoms. The van der Waals surface area contributed by atoms with Crippen molar-refractivity contribution in [3.8, 4) is 5.75 Å². The molecule has 1 amide bonds. The van der Waals surface area contributed by atoms with E-state index in [9.17, 15) is 9.59 Å². The summed E-state index contributed by atoms with van der Waals surface area (Å²) in [4.78, 5) is 23.4. The average molecular weight is 374 g/mol. The van der Waals surface area contributed by atoms with E-state index < -0.39 is 5.97 Å². The first-order chi connectivity index (χ1) is 13.1. The molecule has 2 atom stereocenters. The van der Waals surface area contributed by atoms with E-state index in [4.69, 9.17) is 19.1 Å². The van der Waals surface area contributed by atoms with Crippen LogP contribution in [0.25, 0.3) is 0 Å². The van der Waals surface area contributed by atoms with Crippen molar-refractivity contribution in [2.75, 3.05) is 13.2 Å². The molecular formula is C19H22N2O6. The summed E-state index contributed by atoms with van der Waals surface area (Å²) in [5, 5.41) is 15.7. The van der Waals surface area contributed by atoms with Gasteiger partial charge in [-0.1, -0.05) is 12.1 Å². The Labute approximate surface area is 156 Å². The molecule has 0 saturated carbocycles. The summed E-state index contributed by atoms with van der Waals surface area (Å²) in [7, 11) is 0. The van der Waals surface area contributed by atoms with Gasteiger partial charge in [-0.25, -0.2) is 4.79 Å². The van der Waals surface area contributed by atoms with Gasteiger partial charge in [0.15, 0.2) is 5.69 Å². The molecule has 0 bridgehead atoms. The van der Waals surface area contributed by atoms with Gasteiger partial charge in [-0.3, -0.25) is 4.79 Å². The molecule has 0 radical (unpaired) electrons. The second kappa shape index (κ2) is 8.68. The topological polar surface area (TPSA) is 111 Å². The number of hydrogen-bond donors (Lipinski definition) is 2. The van der Waals surface area contributed by atoms with Gasteiger partial charge in [0.2, 0.25) is 0 Å². The Balaban J connectivity index is 1.63. The Morgan fingerprint density at radius 2 is 2.11 bits per heavy atom. The molecule has 1 aliphatic rings. The second-order valence-corrected chi connectivity index (χ2v) is 6.36. The lowest BCUT2D eigenvalue weighted by atomic mass is 10.1. The number of carboxylic acids is 1. The lowest BCUT2D eigenvalue weighted by Gasteiger charge is -2.32. The van der Waals surface area contributed by atoms with Crippen LogP contribution in [0.5, 0.6) is 5.75 Å². The fraction of sp³-hybridized carbons (Fsp3) is 0.421. The van der Waals surface area contributed by atoms with E-state index in [1.54, 1.807) is 18.2 Å². The highest BCUT2D eigenvalue weighted by Gasteiger charge is 2.30. The summed E-state index contributed by atoms with van der Waals surface area (Å²) in [6, 6.07) is 7.52. The van der Waals surface area contributed by atoms with Gasteiger partial charge < -0.3 is 24.4 Å². The summed E-state index contributed by atoms with van der Waals surface area (Å²) >= 11 is 0. The Morgan fingerprint density at radius 3 is 2.81 bits per heavy atom. The van der Waals surface area contributed by atoms with Crippen molar-refractivity contribution >= 4 is 11.9 Å². The molecule has 3 rings (SSSR count). The minimum absolute atomic E-state index is 0.181. The molecule has 144 valence electrons. The largest absolute Gasteiger partial charge is 0.486 e. The normalized spacial score (nSPS) is 19.4. The Morgan fingerprint density at radius 1 is 1.33 bits per heavy atom. The molecule has 0 aliphatic carbocycles. The average Bonchev–Trinajstić information content (AvgIpc) is 3.13. The van der Waals surface area contributed by atoms with Crippen molar-refractivity contribution < 1.29 is 28.7 Å². The van der Waals surface area contributed by atoms with Gasteiger partial charge in [-0.05, 0) is 37.1 Å². The highest BCUT2D eigenvalue weighted by atomic mass is 16.5. The molecule has 1 fully saturated rings. The standard InChI is InChI=1S/C19H22N2O6/c1-2-3-14-10-16(21-27-14)18(22)20-15-8-9-25-11-17(15)26-13-6-4-12(5-7-13)19(23)24/h4-7,10,15,17H,2-3,8-9,11H2,1H3,(H,20,22)(H,23,24)/t15-,17-/m1/s1. The molecule has 1 aliphatic heterocycles. The van der Waals surface area contributed by atoms with Crippen LogP contribution in [0, 0.1) is 0 Å². The Bertz CT molecular complexity index is 786. The van der Waals surface area contributed by atoms with Crippen LogP contribution < -0.4 is 10.1 Å². The third-order valence-corrected chi connectivity index (χ3v) is 4.30. The summed E-state index contributed by atoms with van der Waals surface area (Å²) in [6.07, 6.45) is 1.85. The molecule has 8 nitrogen and oxygen atoms in total. The maximum absolute atomic E-state index is 12.5. The zero-order chi connectivity index (χ0) is 19.2. The molecule has 1 aromatic carbocycles. The van der Waals surface area contributed by atoms with Gasteiger partial charge in [-0.2, -0.15) is 0 Å². The van der Waals surface area contributed by atoms with Crippen LogP contribution in [0.3, 0.4) is 0 Å². The number of aryl methyl sites for hydroxylation is 1. The van der Waals surface area contributed by atoms with Crippen LogP contribution in [-0.4, -0.2) is 47.5 Å². The number of nitrogens with zero attached hydrogens (tertiary/aromatic N) is 1. The molecule has 2 heterocycles. The quantitative estimate of drug-likeness (QED) is 0.765. The van der Waals surface area contributed by atoms with Crippen LogP contribution in [0.15, 0.2) is 34.9 Å². The number of hydrogen-bond acceptors (Lipinski definition) is 6. The van der Waals surface area contributed by atoms with E-state index >= 15 is 0 Å². The summed E-state index contributed by atoms with van der Waals surface area (Å²) in [5.74, 6) is -0.118. The van der Waals surface area contributed by atoms with E-state index in [1.807, 2.05) is 6.92 Å². The number of aromatic carboxylic acids is 1. The maximum atomic E-state index is 12.5. The van der Waals surface area contributed by atoms with Crippen molar-refractivity contribution in [3.05, 3.63) is 47.3 Å². The van der Waals surface area contributed by atoms with Crippen LogP contribution in [0.4, 0.5) is 0 Å². The van der Waals surface area contributed by atoms with Crippen molar-refractivity contribution in [1.29, 1.82) is 0 Å². The van der Waals surface area contributed by atoms with E-state index in [-0.39, 0.29) is 29.3 Å². The van der Waals surface area contributed by atoms with Gasteiger partial charge in [0.05, 0.1) is 18.2 Å². The number of benzene rings is 1. The molecule has 8 heteroatoms.